The second kappa shape index (κ2) is 6.32. The van der Waals surface area contributed by atoms with Gasteiger partial charge in [-0.3, -0.25) is 10.00 Å². The second-order valence-electron chi connectivity index (χ2n) is 6.76. The van der Waals surface area contributed by atoms with E-state index in [0.717, 1.165) is 49.9 Å². The fourth-order valence-electron chi connectivity index (χ4n) is 3.39. The molecule has 0 unspecified atom stereocenters. The van der Waals surface area contributed by atoms with Gasteiger partial charge >= 0.3 is 0 Å². The lowest BCUT2D eigenvalue weighted by Crippen LogP contribution is -2.32. The van der Waals surface area contributed by atoms with Crippen LogP contribution >= 0.6 is 0 Å². The predicted molar refractivity (Wildman–Crippen MR) is 88.6 cm³/mol. The van der Waals surface area contributed by atoms with Crippen LogP contribution in [-0.2, 0) is 6.54 Å². The van der Waals surface area contributed by atoms with Crippen molar-refractivity contribution in [1.29, 1.82) is 0 Å². The van der Waals surface area contributed by atoms with E-state index in [1.165, 1.54) is 18.4 Å². The van der Waals surface area contributed by atoms with Crippen LogP contribution in [0.25, 0.3) is 0 Å². The smallest absolute Gasteiger partial charge is 0.153 e. The van der Waals surface area contributed by atoms with Gasteiger partial charge in [-0.15, -0.1) is 0 Å². The maximum absolute atomic E-state index is 5.31. The SMILES string of the molecule is COc1cccc(CN2CCC(c3nc(C4CC4)n[nH]3)CC2)c1. The van der Waals surface area contributed by atoms with Crippen molar-refractivity contribution < 1.29 is 4.74 Å². The fourth-order valence-corrected chi connectivity index (χ4v) is 3.39. The Morgan fingerprint density at radius 3 is 2.74 bits per heavy atom. The quantitative estimate of drug-likeness (QED) is 0.922. The zero-order valence-corrected chi connectivity index (χ0v) is 13.7. The summed E-state index contributed by atoms with van der Waals surface area (Å²) in [5, 5.41) is 7.58. The van der Waals surface area contributed by atoms with Crippen LogP contribution in [0.1, 0.15) is 54.7 Å². The van der Waals surface area contributed by atoms with E-state index in [4.69, 9.17) is 9.72 Å². The Kier molecular flexibility index (Phi) is 4.04. The van der Waals surface area contributed by atoms with Gasteiger partial charge in [0.2, 0.25) is 0 Å². The monoisotopic (exact) mass is 312 g/mol. The Balaban J connectivity index is 1.33. The van der Waals surface area contributed by atoms with E-state index >= 15 is 0 Å². The van der Waals surface area contributed by atoms with E-state index in [9.17, 15) is 0 Å². The van der Waals surface area contributed by atoms with Crippen LogP contribution in [0.15, 0.2) is 24.3 Å². The molecule has 5 heteroatoms. The van der Waals surface area contributed by atoms with Gasteiger partial charge in [0.15, 0.2) is 5.82 Å². The number of likely N-dealkylation sites (tertiary alicyclic amines) is 1. The maximum atomic E-state index is 5.31. The molecule has 2 heterocycles. The van der Waals surface area contributed by atoms with Crippen molar-refractivity contribution in [1.82, 2.24) is 20.1 Å². The first-order valence-electron chi connectivity index (χ1n) is 8.59. The molecule has 2 aromatic rings. The summed E-state index contributed by atoms with van der Waals surface area (Å²) in [7, 11) is 1.72. The van der Waals surface area contributed by atoms with Crippen molar-refractivity contribution in [2.45, 2.75) is 44.1 Å². The number of piperidine rings is 1. The van der Waals surface area contributed by atoms with Gasteiger partial charge in [0.25, 0.3) is 0 Å². The molecule has 2 fully saturated rings. The highest BCUT2D eigenvalue weighted by Crippen LogP contribution is 2.38. The summed E-state index contributed by atoms with van der Waals surface area (Å²) in [6.07, 6.45) is 4.83. The molecule has 4 rings (SSSR count). The third-order valence-corrected chi connectivity index (χ3v) is 4.98. The summed E-state index contributed by atoms with van der Waals surface area (Å²) >= 11 is 0. The molecule has 122 valence electrons. The summed E-state index contributed by atoms with van der Waals surface area (Å²) in [6, 6.07) is 8.36. The largest absolute Gasteiger partial charge is 0.497 e. The fraction of sp³-hybridized carbons (Fsp3) is 0.556. The minimum absolute atomic E-state index is 0.538. The molecule has 1 saturated carbocycles. The molecule has 23 heavy (non-hydrogen) atoms. The van der Waals surface area contributed by atoms with Gasteiger partial charge in [0.1, 0.15) is 11.6 Å². The van der Waals surface area contributed by atoms with Gasteiger partial charge in [-0.1, -0.05) is 12.1 Å². The van der Waals surface area contributed by atoms with Crippen LogP contribution in [0.4, 0.5) is 0 Å². The molecule has 1 aromatic carbocycles. The molecule has 0 radical (unpaired) electrons. The molecule has 1 aromatic heterocycles. The Hall–Kier alpha value is -1.88. The van der Waals surface area contributed by atoms with Crippen LogP contribution in [0.3, 0.4) is 0 Å². The lowest BCUT2D eigenvalue weighted by atomic mass is 9.96. The predicted octanol–water partition coefficient (Wildman–Crippen LogP) is 3.07. The highest BCUT2D eigenvalue weighted by atomic mass is 16.5. The molecule has 1 N–H and O–H groups in total. The molecule has 1 aliphatic heterocycles. The number of ether oxygens (including phenoxy) is 1. The average molecular weight is 312 g/mol. The number of benzene rings is 1. The van der Waals surface area contributed by atoms with E-state index in [1.54, 1.807) is 7.11 Å². The summed E-state index contributed by atoms with van der Waals surface area (Å²) in [5.74, 6) is 4.25. The first-order chi connectivity index (χ1) is 11.3. The van der Waals surface area contributed by atoms with Gasteiger partial charge in [-0.05, 0) is 56.5 Å². The number of methoxy groups -OCH3 is 1. The summed E-state index contributed by atoms with van der Waals surface area (Å²) in [4.78, 5) is 7.24. The number of aromatic nitrogens is 3. The Bertz CT molecular complexity index is 657. The van der Waals surface area contributed by atoms with Gasteiger partial charge < -0.3 is 4.74 Å². The van der Waals surface area contributed by atoms with Crippen LogP contribution in [0, 0.1) is 0 Å². The van der Waals surface area contributed by atoms with Crippen LogP contribution in [0.2, 0.25) is 0 Å². The van der Waals surface area contributed by atoms with E-state index in [2.05, 4.69) is 33.3 Å². The van der Waals surface area contributed by atoms with Crippen LogP contribution < -0.4 is 4.74 Å². The lowest BCUT2D eigenvalue weighted by Gasteiger charge is -2.31. The van der Waals surface area contributed by atoms with Crippen molar-refractivity contribution in [3.8, 4) is 5.75 Å². The number of nitrogens with one attached hydrogen (secondary N) is 1. The van der Waals surface area contributed by atoms with Crippen molar-refractivity contribution in [3.63, 3.8) is 0 Å². The van der Waals surface area contributed by atoms with Crippen molar-refractivity contribution in [2.75, 3.05) is 20.2 Å². The number of rotatable bonds is 5. The lowest BCUT2D eigenvalue weighted by molar-refractivity contribution is 0.201. The molecular formula is C18H24N4O. The number of hydrogen-bond acceptors (Lipinski definition) is 4. The highest BCUT2D eigenvalue weighted by Gasteiger charge is 2.30. The van der Waals surface area contributed by atoms with Crippen LogP contribution in [0.5, 0.6) is 5.75 Å². The normalized spacial score (nSPS) is 19.9. The Labute approximate surface area is 137 Å². The third kappa shape index (κ3) is 3.39. The van der Waals surface area contributed by atoms with Gasteiger partial charge in [0.05, 0.1) is 7.11 Å². The number of aromatic amines is 1. The van der Waals surface area contributed by atoms with E-state index in [1.807, 2.05) is 6.07 Å². The molecular weight excluding hydrogens is 288 g/mol. The van der Waals surface area contributed by atoms with E-state index in [0.29, 0.717) is 11.8 Å². The van der Waals surface area contributed by atoms with E-state index < -0.39 is 0 Å². The topological polar surface area (TPSA) is 54.0 Å². The average Bonchev–Trinajstić information content (AvgIpc) is 3.33. The Morgan fingerprint density at radius 1 is 1.17 bits per heavy atom. The zero-order valence-electron chi connectivity index (χ0n) is 13.7. The van der Waals surface area contributed by atoms with Gasteiger partial charge in [-0.2, -0.15) is 5.10 Å². The molecule has 1 aliphatic carbocycles. The summed E-state index contributed by atoms with van der Waals surface area (Å²) in [6.45, 7) is 3.22. The molecule has 0 amide bonds. The Morgan fingerprint density at radius 2 is 2.00 bits per heavy atom. The molecule has 1 saturated heterocycles. The molecule has 5 nitrogen and oxygen atoms in total. The van der Waals surface area contributed by atoms with Gasteiger partial charge in [0, 0.05) is 18.4 Å². The molecule has 0 bridgehead atoms. The number of nitrogens with zero attached hydrogens (tertiary/aromatic N) is 3. The minimum atomic E-state index is 0.538. The standard InChI is InChI=1S/C18H24N4O/c1-23-16-4-2-3-13(11-16)12-22-9-7-15(8-10-22)18-19-17(20-21-18)14-5-6-14/h2-4,11,14-15H,5-10,12H2,1H3,(H,19,20,21). The molecule has 0 atom stereocenters. The number of hydrogen-bond donors (Lipinski definition) is 1. The first kappa shape index (κ1) is 14.7. The van der Waals surface area contributed by atoms with Crippen LogP contribution in [-0.4, -0.2) is 40.3 Å². The molecule has 2 aliphatic rings. The summed E-state index contributed by atoms with van der Waals surface area (Å²) < 4.78 is 5.31. The maximum Gasteiger partial charge on any atom is 0.153 e. The summed E-state index contributed by atoms with van der Waals surface area (Å²) in [5.41, 5.74) is 1.32. The minimum Gasteiger partial charge on any atom is -0.497 e. The van der Waals surface area contributed by atoms with Gasteiger partial charge in [-0.25, -0.2) is 4.98 Å². The third-order valence-electron chi connectivity index (χ3n) is 4.98. The zero-order chi connectivity index (χ0) is 15.6. The van der Waals surface area contributed by atoms with Crippen molar-refractivity contribution in [3.05, 3.63) is 41.5 Å². The van der Waals surface area contributed by atoms with E-state index in [-0.39, 0.29) is 0 Å². The number of H-pyrrole nitrogens is 1. The molecule has 0 spiro atoms. The van der Waals surface area contributed by atoms with Crippen molar-refractivity contribution in [2.24, 2.45) is 0 Å². The first-order valence-corrected chi connectivity index (χ1v) is 8.59. The second-order valence-corrected chi connectivity index (χ2v) is 6.76. The highest BCUT2D eigenvalue weighted by molar-refractivity contribution is 5.28. The van der Waals surface area contributed by atoms with Crippen molar-refractivity contribution >= 4 is 0 Å².